The number of aliphatic imine (C=N–C) groups is 1. The third-order valence-electron chi connectivity index (χ3n) is 4.13. The summed E-state index contributed by atoms with van der Waals surface area (Å²) < 4.78 is 10.5. The van der Waals surface area contributed by atoms with Gasteiger partial charge >= 0.3 is 0 Å². The lowest BCUT2D eigenvalue weighted by Crippen LogP contribution is -2.38. The van der Waals surface area contributed by atoms with Crippen LogP contribution in [-0.2, 0) is 13.0 Å². The van der Waals surface area contributed by atoms with Crippen LogP contribution < -0.4 is 20.1 Å². The minimum absolute atomic E-state index is 0.120. The maximum atomic E-state index is 9.88. The minimum atomic E-state index is 0.120. The fourth-order valence-corrected chi connectivity index (χ4v) is 2.76. The summed E-state index contributed by atoms with van der Waals surface area (Å²) in [6.45, 7) is 6.07. The lowest BCUT2D eigenvalue weighted by atomic mass is 10.1. The molecular weight excluding hydrogens is 342 g/mol. The molecule has 0 aliphatic heterocycles. The average Bonchev–Trinajstić information content (AvgIpc) is 2.66. The Morgan fingerprint density at radius 2 is 1.78 bits per heavy atom. The zero-order valence-corrected chi connectivity index (χ0v) is 16.5. The Kier molecular flexibility index (Phi) is 7.79. The lowest BCUT2D eigenvalue weighted by Gasteiger charge is -2.13. The number of ether oxygens (including phenoxy) is 2. The molecule has 3 N–H and O–H groups in total. The number of benzene rings is 2. The number of nitrogens with one attached hydrogen (secondary N) is 2. The van der Waals surface area contributed by atoms with E-state index in [0.29, 0.717) is 12.3 Å². The molecule has 2 aromatic carbocycles. The van der Waals surface area contributed by atoms with Crippen LogP contribution in [0.5, 0.6) is 17.2 Å². The molecule has 0 saturated carbocycles. The van der Waals surface area contributed by atoms with Gasteiger partial charge in [0.2, 0.25) is 0 Å². The first kappa shape index (κ1) is 20.4. The van der Waals surface area contributed by atoms with Crippen LogP contribution >= 0.6 is 0 Å². The van der Waals surface area contributed by atoms with E-state index in [0.717, 1.165) is 36.8 Å². The Balaban J connectivity index is 1.97. The van der Waals surface area contributed by atoms with Crippen LogP contribution in [0.15, 0.2) is 41.4 Å². The second-order valence-electron chi connectivity index (χ2n) is 6.19. The van der Waals surface area contributed by atoms with Crippen LogP contribution in [0.1, 0.15) is 23.6 Å². The maximum absolute atomic E-state index is 9.88. The molecule has 27 heavy (non-hydrogen) atoms. The van der Waals surface area contributed by atoms with Gasteiger partial charge in [-0.2, -0.15) is 0 Å². The lowest BCUT2D eigenvalue weighted by molar-refractivity contribution is 0.373. The SMILES string of the molecule is CCNC(=NCc1ccc(OC)c(O)c1)NCCc1cc(C)ccc1OC. The summed E-state index contributed by atoms with van der Waals surface area (Å²) in [5.41, 5.74) is 3.29. The Hall–Kier alpha value is -2.89. The third kappa shape index (κ3) is 6.09. The zero-order valence-electron chi connectivity index (χ0n) is 16.5. The van der Waals surface area contributed by atoms with Crippen molar-refractivity contribution in [1.82, 2.24) is 10.6 Å². The van der Waals surface area contributed by atoms with Crippen molar-refractivity contribution in [3.05, 3.63) is 53.1 Å². The number of phenols is 1. The monoisotopic (exact) mass is 371 g/mol. The summed E-state index contributed by atoms with van der Waals surface area (Å²) >= 11 is 0. The van der Waals surface area contributed by atoms with E-state index >= 15 is 0 Å². The van der Waals surface area contributed by atoms with E-state index in [9.17, 15) is 5.11 Å². The highest BCUT2D eigenvalue weighted by atomic mass is 16.5. The summed E-state index contributed by atoms with van der Waals surface area (Å²) in [4.78, 5) is 4.58. The van der Waals surface area contributed by atoms with Gasteiger partial charge in [-0.1, -0.05) is 23.8 Å². The molecule has 0 aliphatic carbocycles. The molecular formula is C21H29N3O3. The van der Waals surface area contributed by atoms with Gasteiger partial charge < -0.3 is 25.2 Å². The number of hydrogen-bond donors (Lipinski definition) is 3. The predicted octanol–water partition coefficient (Wildman–Crippen LogP) is 3.02. The quantitative estimate of drug-likeness (QED) is 0.491. The van der Waals surface area contributed by atoms with Gasteiger partial charge in [0.1, 0.15) is 5.75 Å². The maximum Gasteiger partial charge on any atom is 0.191 e. The first-order valence-corrected chi connectivity index (χ1v) is 9.09. The van der Waals surface area contributed by atoms with Crippen molar-refractivity contribution >= 4 is 5.96 Å². The molecule has 0 aromatic heterocycles. The molecule has 0 heterocycles. The van der Waals surface area contributed by atoms with E-state index in [-0.39, 0.29) is 5.75 Å². The number of hydrogen-bond acceptors (Lipinski definition) is 4. The second kappa shape index (κ2) is 10.3. The molecule has 6 heteroatoms. The zero-order chi connectivity index (χ0) is 19.6. The Morgan fingerprint density at radius 3 is 2.44 bits per heavy atom. The Labute approximate surface area is 161 Å². The molecule has 0 fully saturated rings. The number of phenolic OH excluding ortho intramolecular Hbond substituents is 1. The van der Waals surface area contributed by atoms with Gasteiger partial charge in [0.15, 0.2) is 17.5 Å². The number of methoxy groups -OCH3 is 2. The van der Waals surface area contributed by atoms with Gasteiger partial charge in [-0.25, -0.2) is 4.99 Å². The number of rotatable bonds is 8. The number of guanidine groups is 1. The number of aryl methyl sites for hydroxylation is 1. The Morgan fingerprint density at radius 1 is 1.04 bits per heavy atom. The minimum Gasteiger partial charge on any atom is -0.504 e. The largest absolute Gasteiger partial charge is 0.504 e. The summed E-state index contributed by atoms with van der Waals surface area (Å²) in [5, 5.41) is 16.5. The fraction of sp³-hybridized carbons (Fsp3) is 0.381. The molecule has 146 valence electrons. The average molecular weight is 371 g/mol. The highest BCUT2D eigenvalue weighted by Crippen LogP contribution is 2.26. The summed E-state index contributed by atoms with van der Waals surface area (Å²) in [5.74, 6) is 2.21. The van der Waals surface area contributed by atoms with Crippen LogP contribution in [0.4, 0.5) is 0 Å². The van der Waals surface area contributed by atoms with E-state index in [1.807, 2.05) is 25.1 Å². The smallest absolute Gasteiger partial charge is 0.191 e. The first-order valence-electron chi connectivity index (χ1n) is 9.09. The van der Waals surface area contributed by atoms with Gasteiger partial charge in [0.05, 0.1) is 20.8 Å². The summed E-state index contributed by atoms with van der Waals surface area (Å²) in [6.07, 6.45) is 0.832. The third-order valence-corrected chi connectivity index (χ3v) is 4.13. The van der Waals surface area contributed by atoms with Crippen molar-refractivity contribution in [3.8, 4) is 17.2 Å². The molecule has 0 bridgehead atoms. The molecule has 0 saturated heterocycles. The van der Waals surface area contributed by atoms with Crippen molar-refractivity contribution in [3.63, 3.8) is 0 Å². The molecule has 0 atom stereocenters. The standard InChI is InChI=1S/C21H29N3O3/c1-5-22-21(24-14-16-7-9-20(27-4)18(25)13-16)23-11-10-17-12-15(2)6-8-19(17)26-3/h6-9,12-13,25H,5,10-11,14H2,1-4H3,(H2,22,23,24). The van der Waals surface area contributed by atoms with Gasteiger partial charge in [-0.3, -0.25) is 0 Å². The van der Waals surface area contributed by atoms with Crippen molar-refractivity contribution in [2.75, 3.05) is 27.3 Å². The van der Waals surface area contributed by atoms with Crippen molar-refractivity contribution in [2.45, 2.75) is 26.8 Å². The first-order chi connectivity index (χ1) is 13.1. The van der Waals surface area contributed by atoms with Gasteiger partial charge in [0, 0.05) is 13.1 Å². The van der Waals surface area contributed by atoms with Crippen LogP contribution in [-0.4, -0.2) is 38.4 Å². The number of aromatic hydroxyl groups is 1. The second-order valence-corrected chi connectivity index (χ2v) is 6.19. The van der Waals surface area contributed by atoms with Crippen LogP contribution in [0.2, 0.25) is 0 Å². The van der Waals surface area contributed by atoms with E-state index in [1.54, 1.807) is 19.2 Å². The molecule has 0 spiro atoms. The summed E-state index contributed by atoms with van der Waals surface area (Å²) in [7, 11) is 3.22. The van der Waals surface area contributed by atoms with Crippen LogP contribution in [0, 0.1) is 6.92 Å². The van der Waals surface area contributed by atoms with Crippen molar-refractivity contribution in [1.29, 1.82) is 0 Å². The van der Waals surface area contributed by atoms with E-state index in [2.05, 4.69) is 28.6 Å². The highest BCUT2D eigenvalue weighted by Gasteiger charge is 2.05. The van der Waals surface area contributed by atoms with Gasteiger partial charge in [-0.15, -0.1) is 0 Å². The fourth-order valence-electron chi connectivity index (χ4n) is 2.76. The highest BCUT2D eigenvalue weighted by molar-refractivity contribution is 5.79. The van der Waals surface area contributed by atoms with E-state index in [1.165, 1.54) is 18.2 Å². The summed E-state index contributed by atoms with van der Waals surface area (Å²) in [6, 6.07) is 11.5. The van der Waals surface area contributed by atoms with Crippen molar-refractivity contribution in [2.24, 2.45) is 4.99 Å². The normalized spacial score (nSPS) is 11.2. The van der Waals surface area contributed by atoms with Crippen LogP contribution in [0.25, 0.3) is 0 Å². The molecule has 0 radical (unpaired) electrons. The molecule has 6 nitrogen and oxygen atoms in total. The van der Waals surface area contributed by atoms with E-state index in [4.69, 9.17) is 9.47 Å². The van der Waals surface area contributed by atoms with E-state index < -0.39 is 0 Å². The van der Waals surface area contributed by atoms with Crippen LogP contribution in [0.3, 0.4) is 0 Å². The topological polar surface area (TPSA) is 75.1 Å². The molecule has 0 aliphatic rings. The van der Waals surface area contributed by atoms with Gasteiger partial charge in [0.25, 0.3) is 0 Å². The number of nitrogens with zero attached hydrogens (tertiary/aromatic N) is 1. The van der Waals surface area contributed by atoms with Crippen molar-refractivity contribution < 1.29 is 14.6 Å². The molecule has 0 amide bonds. The predicted molar refractivity (Wildman–Crippen MR) is 109 cm³/mol. The van der Waals surface area contributed by atoms with Gasteiger partial charge in [-0.05, 0) is 49.6 Å². The Bertz CT molecular complexity index is 775. The molecule has 0 unspecified atom stereocenters. The molecule has 2 rings (SSSR count). The molecule has 2 aromatic rings.